The highest BCUT2D eigenvalue weighted by molar-refractivity contribution is 5.77. The van der Waals surface area contributed by atoms with Crippen LogP contribution in [-0.2, 0) is 4.79 Å². The first-order chi connectivity index (χ1) is 10.8. The van der Waals surface area contributed by atoms with E-state index in [4.69, 9.17) is 0 Å². The molecule has 0 bridgehead atoms. The van der Waals surface area contributed by atoms with Gasteiger partial charge in [-0.15, -0.1) is 0 Å². The van der Waals surface area contributed by atoms with Crippen LogP contribution in [0.1, 0.15) is 25.7 Å². The Balaban J connectivity index is 1.47. The second-order valence-electron chi connectivity index (χ2n) is 6.54. The molecule has 0 aliphatic carbocycles. The van der Waals surface area contributed by atoms with Gasteiger partial charge >= 0.3 is 0 Å². The average Bonchev–Trinajstić information content (AvgIpc) is 2.84. The lowest BCUT2D eigenvalue weighted by Crippen LogP contribution is -3.13. The normalized spacial score (nSPS) is 20.7. The fraction of sp³-hybridized carbons (Fsp3) is 0.611. The van der Waals surface area contributed by atoms with Crippen molar-refractivity contribution in [3.63, 3.8) is 0 Å². The number of amides is 1. The zero-order valence-electron chi connectivity index (χ0n) is 13.5. The summed E-state index contributed by atoms with van der Waals surface area (Å²) in [6.07, 6.45) is 5.25. The van der Waals surface area contributed by atoms with Gasteiger partial charge in [0, 0.05) is 31.9 Å². The number of piperazine rings is 1. The fourth-order valence-electron chi connectivity index (χ4n) is 3.58. The van der Waals surface area contributed by atoms with Crippen LogP contribution in [0.5, 0.6) is 0 Å². The number of benzene rings is 1. The summed E-state index contributed by atoms with van der Waals surface area (Å²) in [7, 11) is 0. The lowest BCUT2D eigenvalue weighted by atomic mass is 10.2. The number of para-hydroxylation sites is 1. The molecule has 1 amide bonds. The Bertz CT molecular complexity index is 460. The minimum atomic E-state index is 0.351. The molecule has 0 atom stereocenters. The standard InChI is InChI=1S/C18H27N3O/c22-18(16-19-10-6-1-2-7-11-19)21-14-12-20(13-15-21)17-8-4-3-5-9-17/h3-5,8-9H,1-2,6-7,10-16H2/p+1. The molecule has 2 fully saturated rings. The summed E-state index contributed by atoms with van der Waals surface area (Å²) >= 11 is 0. The maximum Gasteiger partial charge on any atom is 0.277 e. The number of carbonyl (C=O) groups is 1. The second-order valence-corrected chi connectivity index (χ2v) is 6.54. The molecule has 2 aliphatic rings. The van der Waals surface area contributed by atoms with Gasteiger partial charge in [-0.05, 0) is 37.8 Å². The van der Waals surface area contributed by atoms with Crippen LogP contribution < -0.4 is 9.80 Å². The summed E-state index contributed by atoms with van der Waals surface area (Å²) in [6, 6.07) is 10.5. The fourth-order valence-corrected chi connectivity index (χ4v) is 3.58. The van der Waals surface area contributed by atoms with Gasteiger partial charge in [-0.25, -0.2) is 0 Å². The number of carbonyl (C=O) groups excluding carboxylic acids is 1. The van der Waals surface area contributed by atoms with Crippen molar-refractivity contribution in [3.8, 4) is 0 Å². The SMILES string of the molecule is O=C(C[NH+]1CCCCCC1)N1CCN(c2ccccc2)CC1. The van der Waals surface area contributed by atoms with Gasteiger partial charge in [0.15, 0.2) is 6.54 Å². The van der Waals surface area contributed by atoms with Crippen molar-refractivity contribution >= 4 is 11.6 Å². The van der Waals surface area contributed by atoms with Gasteiger partial charge in [-0.1, -0.05) is 18.2 Å². The molecule has 120 valence electrons. The molecule has 4 nitrogen and oxygen atoms in total. The van der Waals surface area contributed by atoms with Gasteiger partial charge < -0.3 is 14.7 Å². The van der Waals surface area contributed by atoms with Gasteiger partial charge in [-0.2, -0.15) is 0 Å². The van der Waals surface area contributed by atoms with Crippen molar-refractivity contribution in [2.75, 3.05) is 50.7 Å². The Morgan fingerprint density at radius 2 is 1.55 bits per heavy atom. The van der Waals surface area contributed by atoms with Gasteiger partial charge in [0.05, 0.1) is 13.1 Å². The number of hydrogen-bond acceptors (Lipinski definition) is 2. The van der Waals surface area contributed by atoms with Crippen LogP contribution in [0.2, 0.25) is 0 Å². The minimum Gasteiger partial charge on any atom is -0.368 e. The van der Waals surface area contributed by atoms with E-state index >= 15 is 0 Å². The first-order valence-electron chi connectivity index (χ1n) is 8.74. The summed E-state index contributed by atoms with van der Waals surface area (Å²) in [6.45, 7) is 6.68. The Morgan fingerprint density at radius 3 is 2.18 bits per heavy atom. The third-order valence-electron chi connectivity index (χ3n) is 4.97. The molecule has 2 saturated heterocycles. The van der Waals surface area contributed by atoms with E-state index in [1.165, 1.54) is 49.4 Å². The van der Waals surface area contributed by atoms with Crippen molar-refractivity contribution in [3.05, 3.63) is 30.3 Å². The summed E-state index contributed by atoms with van der Waals surface area (Å²) in [5.41, 5.74) is 1.27. The number of anilines is 1. The van der Waals surface area contributed by atoms with Gasteiger partial charge in [0.2, 0.25) is 0 Å². The lowest BCUT2D eigenvalue weighted by molar-refractivity contribution is -0.891. The predicted molar refractivity (Wildman–Crippen MR) is 89.3 cm³/mol. The number of quaternary nitrogens is 1. The Hall–Kier alpha value is -1.55. The van der Waals surface area contributed by atoms with Crippen LogP contribution in [-0.4, -0.2) is 56.6 Å². The van der Waals surface area contributed by atoms with Crippen molar-refractivity contribution in [2.24, 2.45) is 0 Å². The zero-order chi connectivity index (χ0) is 15.2. The number of nitrogens with zero attached hydrogens (tertiary/aromatic N) is 2. The van der Waals surface area contributed by atoms with E-state index in [0.29, 0.717) is 12.5 Å². The van der Waals surface area contributed by atoms with Crippen LogP contribution in [0, 0.1) is 0 Å². The van der Waals surface area contributed by atoms with Crippen LogP contribution in [0.25, 0.3) is 0 Å². The summed E-state index contributed by atoms with van der Waals surface area (Å²) in [4.78, 5) is 18.4. The van der Waals surface area contributed by atoms with E-state index in [0.717, 1.165) is 26.2 Å². The molecule has 1 aromatic carbocycles. The first-order valence-corrected chi connectivity index (χ1v) is 8.74. The van der Waals surface area contributed by atoms with Crippen molar-refractivity contribution in [1.82, 2.24) is 4.90 Å². The molecule has 22 heavy (non-hydrogen) atoms. The summed E-state index contributed by atoms with van der Waals surface area (Å²) < 4.78 is 0. The molecule has 3 rings (SSSR count). The van der Waals surface area contributed by atoms with Crippen LogP contribution in [0.4, 0.5) is 5.69 Å². The number of rotatable bonds is 3. The molecule has 1 aromatic rings. The smallest absolute Gasteiger partial charge is 0.277 e. The van der Waals surface area contributed by atoms with Crippen molar-refractivity contribution in [1.29, 1.82) is 0 Å². The van der Waals surface area contributed by atoms with Gasteiger partial charge in [-0.3, -0.25) is 4.79 Å². The van der Waals surface area contributed by atoms with E-state index in [1.54, 1.807) is 0 Å². The highest BCUT2D eigenvalue weighted by Gasteiger charge is 2.24. The van der Waals surface area contributed by atoms with Crippen molar-refractivity contribution < 1.29 is 9.69 Å². The molecule has 0 aromatic heterocycles. The molecule has 2 aliphatic heterocycles. The maximum absolute atomic E-state index is 12.5. The number of nitrogens with one attached hydrogen (secondary N) is 1. The largest absolute Gasteiger partial charge is 0.368 e. The quantitative estimate of drug-likeness (QED) is 0.894. The Morgan fingerprint density at radius 1 is 0.909 bits per heavy atom. The molecular weight excluding hydrogens is 274 g/mol. The van der Waals surface area contributed by atoms with Crippen LogP contribution in [0.3, 0.4) is 0 Å². The first kappa shape index (κ1) is 15.3. The van der Waals surface area contributed by atoms with Crippen molar-refractivity contribution in [2.45, 2.75) is 25.7 Å². The van der Waals surface area contributed by atoms with Crippen LogP contribution >= 0.6 is 0 Å². The molecular formula is C18H28N3O+. The molecule has 2 heterocycles. The second kappa shape index (κ2) is 7.63. The Labute approximate surface area is 133 Å². The zero-order valence-corrected chi connectivity index (χ0v) is 13.5. The topological polar surface area (TPSA) is 28.0 Å². The van der Waals surface area contributed by atoms with Gasteiger partial charge in [0.25, 0.3) is 5.91 Å². The molecule has 0 radical (unpaired) electrons. The summed E-state index contributed by atoms with van der Waals surface area (Å²) in [5, 5.41) is 0. The summed E-state index contributed by atoms with van der Waals surface area (Å²) in [5.74, 6) is 0.351. The molecule has 4 heteroatoms. The highest BCUT2D eigenvalue weighted by Crippen LogP contribution is 2.15. The third kappa shape index (κ3) is 4.01. The monoisotopic (exact) mass is 302 g/mol. The number of likely N-dealkylation sites (tertiary alicyclic amines) is 1. The average molecular weight is 302 g/mol. The van der Waals surface area contributed by atoms with Crippen LogP contribution in [0.15, 0.2) is 30.3 Å². The van der Waals surface area contributed by atoms with Gasteiger partial charge in [0.1, 0.15) is 0 Å². The van der Waals surface area contributed by atoms with E-state index in [1.807, 2.05) is 6.07 Å². The predicted octanol–water partition coefficient (Wildman–Crippen LogP) is 0.794. The molecule has 0 saturated carbocycles. The molecule has 0 unspecified atom stereocenters. The van der Waals surface area contributed by atoms with E-state index in [9.17, 15) is 4.79 Å². The Kier molecular flexibility index (Phi) is 5.33. The number of hydrogen-bond donors (Lipinski definition) is 1. The third-order valence-corrected chi connectivity index (χ3v) is 4.97. The molecule has 1 N–H and O–H groups in total. The lowest BCUT2D eigenvalue weighted by Gasteiger charge is -2.36. The van der Waals surface area contributed by atoms with E-state index < -0.39 is 0 Å². The molecule has 0 spiro atoms. The highest BCUT2D eigenvalue weighted by atomic mass is 16.2. The van der Waals surface area contributed by atoms with E-state index in [-0.39, 0.29) is 0 Å². The van der Waals surface area contributed by atoms with E-state index in [2.05, 4.69) is 34.1 Å². The maximum atomic E-state index is 12.5. The minimum absolute atomic E-state index is 0.351.